The molecule has 10 atom stereocenters. The van der Waals surface area contributed by atoms with E-state index in [1.807, 2.05) is 0 Å². The number of rotatable bonds is 2. The van der Waals surface area contributed by atoms with Crippen LogP contribution in [0.2, 0.25) is 0 Å². The average molecular weight is 689 g/mol. The molecule has 7 heterocycles. The molecule has 3 aliphatic heterocycles. The van der Waals surface area contributed by atoms with E-state index in [9.17, 15) is 29.4 Å². The van der Waals surface area contributed by atoms with Gasteiger partial charge in [-0.15, -0.1) is 0 Å². The molecule has 0 spiro atoms. The minimum Gasteiger partial charge on any atom is -0.387 e. The summed E-state index contributed by atoms with van der Waals surface area (Å²) in [6.45, 7) is -3.96. The highest BCUT2D eigenvalue weighted by atomic mass is 32.5. The Labute approximate surface area is 256 Å². The van der Waals surface area contributed by atoms with Crippen molar-refractivity contribution in [3.63, 3.8) is 0 Å². The molecule has 7 rings (SSSR count). The second kappa shape index (κ2) is 11.2. The standard InChI is InChI=1S/C22H26N8O12P2S/c1-8-27-18-9(20(33)28-8)2-3-29(18)22-16-13(31)10(39-22)4-37-43(34,35)41-15-11(5-38-44(36,45)42-16)40-21(14(15)32)30-7-26-12-17(23)24-6-25-19(12)30/h2-3,6-7,10-11,13-16,21-22,31-32H,4-5H2,1H3,(H,34,35)(H,36,45)(H2,23,24,25)(H,27,28,33)/t10-,11-,13?,14?,15+,16+,21-,22-,44?/m1/s1. The maximum Gasteiger partial charge on any atom is 0.472 e. The number of nitrogens with two attached hydrogens (primary N) is 1. The molecule has 0 amide bonds. The summed E-state index contributed by atoms with van der Waals surface area (Å²) in [5, 5.41) is 22.5. The predicted molar refractivity (Wildman–Crippen MR) is 153 cm³/mol. The first-order chi connectivity index (χ1) is 21.3. The first-order valence-corrected chi connectivity index (χ1v) is 17.4. The fraction of sp³-hybridized carbons (Fsp3) is 0.500. The molecule has 4 aromatic heterocycles. The molecule has 3 aliphatic rings. The van der Waals surface area contributed by atoms with Crippen molar-refractivity contribution in [2.75, 3.05) is 18.9 Å². The van der Waals surface area contributed by atoms with Crippen LogP contribution < -0.4 is 11.3 Å². The third kappa shape index (κ3) is 5.52. The van der Waals surface area contributed by atoms with Gasteiger partial charge in [-0.25, -0.2) is 24.5 Å². The van der Waals surface area contributed by atoms with Crippen LogP contribution in [0, 0.1) is 6.92 Å². The Morgan fingerprint density at radius 3 is 2.56 bits per heavy atom. The van der Waals surface area contributed by atoms with Gasteiger partial charge in [-0.1, -0.05) is 0 Å². The number of anilines is 1. The summed E-state index contributed by atoms with van der Waals surface area (Å²) in [6, 6.07) is 1.47. The number of nitrogens with zero attached hydrogens (tertiary/aromatic N) is 6. The van der Waals surface area contributed by atoms with E-state index in [1.54, 1.807) is 6.92 Å². The Morgan fingerprint density at radius 1 is 1.00 bits per heavy atom. The van der Waals surface area contributed by atoms with Crippen molar-refractivity contribution < 1.29 is 52.1 Å². The topological polar surface area (TPSA) is 274 Å². The normalized spacial score (nSPS) is 37.7. The van der Waals surface area contributed by atoms with Crippen LogP contribution in [-0.4, -0.2) is 104 Å². The van der Waals surface area contributed by atoms with Gasteiger partial charge in [0.05, 0.1) is 24.9 Å². The van der Waals surface area contributed by atoms with Gasteiger partial charge in [0.15, 0.2) is 23.9 Å². The van der Waals surface area contributed by atoms with Crippen LogP contribution in [0.1, 0.15) is 18.3 Å². The third-order valence-corrected chi connectivity index (χ3v) is 10.1. The van der Waals surface area contributed by atoms with Crippen molar-refractivity contribution in [3.05, 3.63) is 41.1 Å². The second-order valence-electron chi connectivity index (χ2n) is 10.5. The SMILES string of the molecule is Cc1nc2c(ccn2[C@@H]2O[C@@H]3COP(=O)(O)O[C@@H]4C(O)[C@H](n5cnc6c(N)ncnc65)O[C@@H]4COP(O)(=S)O[C@H]2C3O)c(=O)[nH]1. The maximum absolute atomic E-state index is 13.1. The van der Waals surface area contributed by atoms with Crippen molar-refractivity contribution in [1.29, 1.82) is 0 Å². The molecule has 7 N–H and O–H groups in total. The Balaban J connectivity index is 1.21. The number of hydrogen-bond donors (Lipinski definition) is 6. The molecule has 0 aliphatic carbocycles. The number of ether oxygens (including phenoxy) is 2. The number of nitrogens with one attached hydrogen (secondary N) is 1. The summed E-state index contributed by atoms with van der Waals surface area (Å²) in [6.07, 6.45) is -7.42. The monoisotopic (exact) mass is 688 g/mol. The van der Waals surface area contributed by atoms with Gasteiger partial charge in [0.1, 0.15) is 59.9 Å². The Hall–Kier alpha value is -2.75. The van der Waals surface area contributed by atoms with Crippen LogP contribution in [-0.2, 0) is 43.9 Å². The lowest BCUT2D eigenvalue weighted by Crippen LogP contribution is -2.36. The number of aryl methyl sites for hydroxylation is 1. The highest BCUT2D eigenvalue weighted by molar-refractivity contribution is 8.07. The zero-order valence-corrected chi connectivity index (χ0v) is 25.6. The average Bonchev–Trinajstić information content (AvgIpc) is 3.72. The quantitative estimate of drug-likeness (QED) is 0.139. The van der Waals surface area contributed by atoms with Gasteiger partial charge >= 0.3 is 14.5 Å². The molecule has 23 heteroatoms. The van der Waals surface area contributed by atoms with E-state index in [0.29, 0.717) is 5.82 Å². The number of aromatic amines is 1. The van der Waals surface area contributed by atoms with E-state index in [0.717, 1.165) is 0 Å². The molecule has 0 aromatic carbocycles. The summed E-state index contributed by atoms with van der Waals surface area (Å²) in [4.78, 5) is 53.3. The molecule has 4 unspecified atom stereocenters. The summed E-state index contributed by atoms with van der Waals surface area (Å²) in [7, 11) is -4.98. The lowest BCUT2D eigenvalue weighted by atomic mass is 10.1. The number of imidazole rings is 1. The summed E-state index contributed by atoms with van der Waals surface area (Å²) < 4.78 is 49.6. The summed E-state index contributed by atoms with van der Waals surface area (Å²) >= 11 is 5.25. The molecule has 0 saturated carbocycles. The van der Waals surface area contributed by atoms with Crippen LogP contribution in [0.25, 0.3) is 22.2 Å². The molecule has 3 saturated heterocycles. The van der Waals surface area contributed by atoms with Crippen LogP contribution in [0.4, 0.5) is 5.82 Å². The maximum atomic E-state index is 13.1. The van der Waals surface area contributed by atoms with Gasteiger partial charge in [-0.2, -0.15) is 0 Å². The smallest absolute Gasteiger partial charge is 0.387 e. The van der Waals surface area contributed by atoms with Crippen LogP contribution in [0.5, 0.6) is 0 Å². The number of phosphoric acid groups is 1. The number of aliphatic hydroxyl groups excluding tert-OH is 2. The minimum absolute atomic E-state index is 0.0720. The van der Waals surface area contributed by atoms with Crippen molar-refractivity contribution in [3.8, 4) is 0 Å². The number of hydrogen-bond acceptors (Lipinski definition) is 16. The molecular weight excluding hydrogens is 662 g/mol. The summed E-state index contributed by atoms with van der Waals surface area (Å²) in [5.74, 6) is 0.369. The molecule has 20 nitrogen and oxygen atoms in total. The van der Waals surface area contributed by atoms with Gasteiger partial charge in [0, 0.05) is 6.20 Å². The fourth-order valence-electron chi connectivity index (χ4n) is 5.53. The van der Waals surface area contributed by atoms with Gasteiger partial charge in [-0.3, -0.25) is 22.9 Å². The molecule has 3 fully saturated rings. The van der Waals surface area contributed by atoms with Crippen LogP contribution >= 0.6 is 14.5 Å². The Kier molecular flexibility index (Phi) is 7.68. The van der Waals surface area contributed by atoms with E-state index in [2.05, 4.69) is 24.9 Å². The Bertz CT molecular complexity index is 1940. The van der Waals surface area contributed by atoms with Gasteiger partial charge in [0.25, 0.3) is 5.56 Å². The highest BCUT2D eigenvalue weighted by Gasteiger charge is 2.53. The van der Waals surface area contributed by atoms with Gasteiger partial charge < -0.3 is 49.3 Å². The fourth-order valence-corrected chi connectivity index (χ4v) is 7.90. The second-order valence-corrected chi connectivity index (χ2v) is 14.7. The number of aromatic nitrogens is 7. The lowest BCUT2D eigenvalue weighted by molar-refractivity contribution is -0.0634. The molecule has 242 valence electrons. The highest BCUT2D eigenvalue weighted by Crippen LogP contribution is 2.54. The van der Waals surface area contributed by atoms with E-state index in [1.165, 1.54) is 34.1 Å². The molecule has 0 radical (unpaired) electrons. The molecular formula is C22H26N8O12P2S. The predicted octanol–water partition coefficient (Wildman–Crippen LogP) is -0.894. The number of phosphoric ester groups is 1. The third-order valence-electron chi connectivity index (χ3n) is 7.57. The van der Waals surface area contributed by atoms with Crippen molar-refractivity contribution in [2.24, 2.45) is 0 Å². The molecule has 4 aromatic rings. The summed E-state index contributed by atoms with van der Waals surface area (Å²) in [5.41, 5.74) is 6.03. The largest absolute Gasteiger partial charge is 0.472 e. The first-order valence-electron chi connectivity index (χ1n) is 13.3. The lowest BCUT2D eigenvalue weighted by Gasteiger charge is -2.27. The number of nitrogen functional groups attached to an aromatic ring is 1. The molecule has 2 bridgehead atoms. The van der Waals surface area contributed by atoms with Crippen molar-refractivity contribution in [1.82, 2.24) is 34.1 Å². The number of H-pyrrole nitrogens is 1. The molecule has 45 heavy (non-hydrogen) atoms. The van der Waals surface area contributed by atoms with Crippen molar-refractivity contribution in [2.45, 2.75) is 56.0 Å². The van der Waals surface area contributed by atoms with Gasteiger partial charge in [-0.05, 0) is 24.8 Å². The van der Waals surface area contributed by atoms with E-state index in [-0.39, 0.29) is 28.0 Å². The number of aliphatic hydroxyl groups is 2. The van der Waals surface area contributed by atoms with E-state index in [4.69, 9.17) is 45.1 Å². The van der Waals surface area contributed by atoms with Crippen LogP contribution in [0.15, 0.2) is 29.7 Å². The van der Waals surface area contributed by atoms with Crippen LogP contribution in [0.3, 0.4) is 0 Å². The Morgan fingerprint density at radius 2 is 1.76 bits per heavy atom. The number of fused-ring (bicyclic) bond motifs is 5. The zero-order valence-electron chi connectivity index (χ0n) is 23.0. The minimum atomic E-state index is -4.98. The van der Waals surface area contributed by atoms with E-state index >= 15 is 0 Å². The van der Waals surface area contributed by atoms with Crippen molar-refractivity contribution >= 4 is 54.4 Å². The first kappa shape index (κ1) is 30.9. The van der Waals surface area contributed by atoms with E-state index < -0.39 is 82.4 Å². The zero-order chi connectivity index (χ0) is 31.8. The van der Waals surface area contributed by atoms with Gasteiger partial charge in [0.2, 0.25) is 0 Å².